The first-order chi connectivity index (χ1) is 12.1. The van der Waals surface area contributed by atoms with Crippen molar-refractivity contribution in [2.24, 2.45) is 0 Å². The Bertz CT molecular complexity index is 697. The van der Waals surface area contributed by atoms with Crippen LogP contribution in [0.2, 0.25) is 0 Å². The highest BCUT2D eigenvalue weighted by Gasteiger charge is 2.16. The van der Waals surface area contributed by atoms with Crippen LogP contribution >= 0.6 is 0 Å². The summed E-state index contributed by atoms with van der Waals surface area (Å²) in [5.74, 6) is 1.82. The summed E-state index contributed by atoms with van der Waals surface area (Å²) in [5.41, 5.74) is 1.57. The molecule has 1 atom stereocenters. The van der Waals surface area contributed by atoms with Crippen LogP contribution in [0.1, 0.15) is 42.2 Å². The van der Waals surface area contributed by atoms with E-state index < -0.39 is 0 Å². The highest BCUT2D eigenvalue weighted by Crippen LogP contribution is 2.28. The van der Waals surface area contributed by atoms with Crippen LogP contribution in [0.4, 0.5) is 0 Å². The first-order valence-electron chi connectivity index (χ1n) is 8.38. The Morgan fingerprint density at radius 3 is 2.28 bits per heavy atom. The van der Waals surface area contributed by atoms with Gasteiger partial charge < -0.3 is 19.5 Å². The molecule has 0 spiro atoms. The Balaban J connectivity index is 2.15. The molecule has 5 nitrogen and oxygen atoms in total. The Kier molecular flexibility index (Phi) is 6.69. The van der Waals surface area contributed by atoms with Crippen molar-refractivity contribution in [3.63, 3.8) is 0 Å². The summed E-state index contributed by atoms with van der Waals surface area (Å²) >= 11 is 0. The zero-order valence-electron chi connectivity index (χ0n) is 15.2. The van der Waals surface area contributed by atoms with Crippen molar-refractivity contribution in [2.45, 2.75) is 26.3 Å². The molecule has 1 unspecified atom stereocenters. The molecule has 0 aromatic heterocycles. The molecule has 0 fully saturated rings. The van der Waals surface area contributed by atoms with Gasteiger partial charge in [0.05, 0.1) is 26.9 Å². The Morgan fingerprint density at radius 2 is 1.72 bits per heavy atom. The Labute approximate surface area is 148 Å². The van der Waals surface area contributed by atoms with Gasteiger partial charge in [0.2, 0.25) is 0 Å². The Morgan fingerprint density at radius 1 is 1.00 bits per heavy atom. The minimum atomic E-state index is -0.149. The molecule has 2 aromatic carbocycles. The lowest BCUT2D eigenvalue weighted by molar-refractivity contribution is 0.0935. The number of rotatable bonds is 8. The summed E-state index contributed by atoms with van der Waals surface area (Å²) in [6.07, 6.45) is 0.784. The first kappa shape index (κ1) is 18.6. The zero-order valence-corrected chi connectivity index (χ0v) is 15.2. The average molecular weight is 343 g/mol. The number of benzene rings is 2. The fourth-order valence-electron chi connectivity index (χ4n) is 2.58. The van der Waals surface area contributed by atoms with E-state index in [1.165, 1.54) is 0 Å². The number of nitrogens with one attached hydrogen (secondary N) is 1. The summed E-state index contributed by atoms with van der Waals surface area (Å²) in [7, 11) is 3.19. The second-order valence-electron chi connectivity index (χ2n) is 5.51. The molecule has 0 bridgehead atoms. The minimum absolute atomic E-state index is 0.0732. The highest BCUT2D eigenvalue weighted by molar-refractivity contribution is 5.95. The molecule has 1 amide bonds. The van der Waals surface area contributed by atoms with E-state index in [0.29, 0.717) is 23.7 Å². The van der Waals surface area contributed by atoms with Crippen molar-refractivity contribution in [1.82, 2.24) is 5.32 Å². The summed E-state index contributed by atoms with van der Waals surface area (Å²) in [5, 5.41) is 3.06. The maximum absolute atomic E-state index is 12.6. The van der Waals surface area contributed by atoms with E-state index >= 15 is 0 Å². The molecule has 1 N–H and O–H groups in total. The monoisotopic (exact) mass is 343 g/mol. The normalized spacial score (nSPS) is 11.5. The van der Waals surface area contributed by atoms with E-state index in [1.807, 2.05) is 38.1 Å². The van der Waals surface area contributed by atoms with E-state index in [2.05, 4.69) is 5.32 Å². The fourth-order valence-corrected chi connectivity index (χ4v) is 2.58. The number of methoxy groups -OCH3 is 2. The maximum Gasteiger partial charge on any atom is 0.251 e. The number of carbonyl (C=O) groups excluding carboxylic acids is 1. The summed E-state index contributed by atoms with van der Waals surface area (Å²) in [4.78, 5) is 12.6. The molecule has 25 heavy (non-hydrogen) atoms. The van der Waals surface area contributed by atoms with E-state index in [1.54, 1.807) is 32.4 Å². The van der Waals surface area contributed by atoms with Gasteiger partial charge in [0.1, 0.15) is 5.75 Å². The van der Waals surface area contributed by atoms with Crippen molar-refractivity contribution in [3.05, 3.63) is 53.6 Å². The van der Waals surface area contributed by atoms with Crippen molar-refractivity contribution < 1.29 is 19.0 Å². The number of carbonyl (C=O) groups is 1. The van der Waals surface area contributed by atoms with Crippen molar-refractivity contribution in [3.8, 4) is 17.2 Å². The number of ether oxygens (including phenoxy) is 3. The number of hydrogen-bond donors (Lipinski definition) is 1. The second-order valence-corrected chi connectivity index (χ2v) is 5.51. The fraction of sp³-hybridized carbons (Fsp3) is 0.350. The molecule has 0 saturated heterocycles. The quantitative estimate of drug-likeness (QED) is 0.787. The topological polar surface area (TPSA) is 56.8 Å². The molecular formula is C20H25NO4. The van der Waals surface area contributed by atoms with Gasteiger partial charge in [-0.25, -0.2) is 0 Å². The van der Waals surface area contributed by atoms with Crippen LogP contribution < -0.4 is 19.5 Å². The largest absolute Gasteiger partial charge is 0.497 e. The summed E-state index contributed by atoms with van der Waals surface area (Å²) < 4.78 is 16.0. The lowest BCUT2D eigenvalue weighted by Crippen LogP contribution is -2.28. The predicted octanol–water partition coefficient (Wildman–Crippen LogP) is 3.98. The molecule has 0 aliphatic heterocycles. The van der Waals surface area contributed by atoms with Crippen LogP contribution in [-0.2, 0) is 0 Å². The molecule has 2 rings (SSSR count). The molecule has 5 heteroatoms. The summed E-state index contributed by atoms with van der Waals surface area (Å²) in [6.45, 7) is 4.48. The van der Waals surface area contributed by atoms with Crippen molar-refractivity contribution in [2.75, 3.05) is 20.8 Å². The molecule has 0 radical (unpaired) electrons. The lowest BCUT2D eigenvalue weighted by atomic mass is 10.0. The van der Waals surface area contributed by atoms with Crippen LogP contribution in [-0.4, -0.2) is 26.7 Å². The van der Waals surface area contributed by atoms with Gasteiger partial charge in [-0.05, 0) is 49.2 Å². The van der Waals surface area contributed by atoms with Gasteiger partial charge in [0, 0.05) is 5.56 Å². The minimum Gasteiger partial charge on any atom is -0.497 e. The molecule has 0 heterocycles. The van der Waals surface area contributed by atoms with E-state index in [9.17, 15) is 4.79 Å². The molecule has 0 saturated carbocycles. The molecule has 0 aliphatic rings. The van der Waals surface area contributed by atoms with E-state index in [0.717, 1.165) is 17.7 Å². The standard InChI is InChI=1S/C20H25NO4/c1-5-17(14-7-10-16(23-3)11-8-14)21-20(22)15-9-12-18(25-6-2)19(13-15)24-4/h7-13,17H,5-6H2,1-4H3,(H,21,22). The lowest BCUT2D eigenvalue weighted by Gasteiger charge is -2.18. The van der Waals surface area contributed by atoms with E-state index in [4.69, 9.17) is 14.2 Å². The zero-order chi connectivity index (χ0) is 18.2. The van der Waals surface area contributed by atoms with Gasteiger partial charge in [-0.2, -0.15) is 0 Å². The third kappa shape index (κ3) is 4.66. The first-order valence-corrected chi connectivity index (χ1v) is 8.38. The maximum atomic E-state index is 12.6. The Hall–Kier alpha value is -2.69. The van der Waals surface area contributed by atoms with Gasteiger partial charge in [-0.1, -0.05) is 19.1 Å². The predicted molar refractivity (Wildman–Crippen MR) is 97.7 cm³/mol. The smallest absolute Gasteiger partial charge is 0.251 e. The molecular weight excluding hydrogens is 318 g/mol. The van der Waals surface area contributed by atoms with Crippen LogP contribution in [0.3, 0.4) is 0 Å². The summed E-state index contributed by atoms with van der Waals surface area (Å²) in [6, 6.07) is 12.8. The SMILES string of the molecule is CCOc1ccc(C(=O)NC(CC)c2ccc(OC)cc2)cc1OC. The highest BCUT2D eigenvalue weighted by atomic mass is 16.5. The van der Waals surface area contributed by atoms with Crippen LogP contribution in [0.25, 0.3) is 0 Å². The van der Waals surface area contributed by atoms with Crippen LogP contribution in [0.15, 0.2) is 42.5 Å². The van der Waals surface area contributed by atoms with E-state index in [-0.39, 0.29) is 11.9 Å². The van der Waals surface area contributed by atoms with Gasteiger partial charge >= 0.3 is 0 Å². The third-order valence-corrected chi connectivity index (χ3v) is 3.96. The van der Waals surface area contributed by atoms with Crippen LogP contribution in [0.5, 0.6) is 17.2 Å². The number of amides is 1. The van der Waals surface area contributed by atoms with Gasteiger partial charge in [-0.15, -0.1) is 0 Å². The van der Waals surface area contributed by atoms with Gasteiger partial charge in [0.25, 0.3) is 5.91 Å². The molecule has 2 aromatic rings. The van der Waals surface area contributed by atoms with Gasteiger partial charge in [0.15, 0.2) is 11.5 Å². The third-order valence-electron chi connectivity index (χ3n) is 3.96. The number of hydrogen-bond acceptors (Lipinski definition) is 4. The average Bonchev–Trinajstić information content (AvgIpc) is 2.66. The molecule has 134 valence electrons. The van der Waals surface area contributed by atoms with Gasteiger partial charge in [-0.3, -0.25) is 4.79 Å². The molecule has 0 aliphatic carbocycles. The van der Waals surface area contributed by atoms with Crippen molar-refractivity contribution in [1.29, 1.82) is 0 Å². The second kappa shape index (κ2) is 8.97. The van der Waals surface area contributed by atoms with Crippen LogP contribution in [0, 0.1) is 0 Å². The van der Waals surface area contributed by atoms with Crippen molar-refractivity contribution >= 4 is 5.91 Å².